The van der Waals surface area contributed by atoms with Crippen molar-refractivity contribution in [2.24, 2.45) is 0 Å². The minimum absolute atomic E-state index is 0.0788. The molecule has 0 amide bonds. The van der Waals surface area contributed by atoms with Gasteiger partial charge in [-0.3, -0.25) is 0 Å². The Hall–Kier alpha value is -3.09. The van der Waals surface area contributed by atoms with Gasteiger partial charge in [0.25, 0.3) is 0 Å². The predicted molar refractivity (Wildman–Crippen MR) is 119 cm³/mol. The monoisotopic (exact) mass is 456 g/mol. The zero-order valence-electron chi connectivity index (χ0n) is 18.6. The summed E-state index contributed by atoms with van der Waals surface area (Å²) in [4.78, 5) is 24.0. The summed E-state index contributed by atoms with van der Waals surface area (Å²) in [6.07, 6.45) is 5.62. The van der Waals surface area contributed by atoms with Crippen molar-refractivity contribution in [3.8, 4) is 5.88 Å². The molecule has 33 heavy (non-hydrogen) atoms. The lowest BCUT2D eigenvalue weighted by Gasteiger charge is -2.28. The molecule has 1 aliphatic heterocycles. The van der Waals surface area contributed by atoms with Crippen LogP contribution in [0.4, 0.5) is 11.6 Å². The van der Waals surface area contributed by atoms with Gasteiger partial charge < -0.3 is 34.5 Å². The quantitative estimate of drug-likeness (QED) is 0.454. The highest BCUT2D eigenvalue weighted by molar-refractivity contribution is 5.83. The second kappa shape index (κ2) is 8.69. The lowest BCUT2D eigenvalue weighted by molar-refractivity contribution is -0.103. The van der Waals surface area contributed by atoms with Crippen LogP contribution >= 0.6 is 0 Å². The fraction of sp³-hybridized carbons (Fsp3) is 0.571. The fourth-order valence-corrected chi connectivity index (χ4v) is 4.85. The highest BCUT2D eigenvalue weighted by atomic mass is 16.5. The number of imidazole rings is 1. The topological polar surface area (TPSA) is 144 Å². The van der Waals surface area contributed by atoms with Crippen LogP contribution in [-0.4, -0.2) is 91.4 Å². The molecule has 0 bridgehead atoms. The van der Waals surface area contributed by atoms with Crippen LogP contribution in [0.2, 0.25) is 0 Å². The molecule has 0 spiro atoms. The van der Waals surface area contributed by atoms with Crippen LogP contribution in [-0.2, 0) is 4.74 Å². The minimum atomic E-state index is -1.28. The first-order chi connectivity index (χ1) is 16.0. The van der Waals surface area contributed by atoms with Crippen LogP contribution in [0.15, 0.2) is 25.0 Å². The molecule has 5 rings (SSSR count). The van der Waals surface area contributed by atoms with Crippen LogP contribution in [0, 0.1) is 0 Å². The van der Waals surface area contributed by atoms with Gasteiger partial charge in [0.1, 0.15) is 35.7 Å². The number of nitrogens with zero attached hydrogens (tertiary/aromatic N) is 7. The van der Waals surface area contributed by atoms with Crippen molar-refractivity contribution in [3.05, 3.63) is 25.0 Å². The number of ether oxygens (including phenoxy) is 2. The minimum Gasteiger partial charge on any atom is -0.481 e. The van der Waals surface area contributed by atoms with Gasteiger partial charge >= 0.3 is 0 Å². The molecule has 3 N–H and O–H groups in total. The Kier molecular flexibility index (Phi) is 5.72. The van der Waals surface area contributed by atoms with Crippen molar-refractivity contribution >= 4 is 22.8 Å². The van der Waals surface area contributed by atoms with E-state index in [4.69, 9.17) is 9.47 Å². The van der Waals surface area contributed by atoms with E-state index in [1.807, 2.05) is 10.6 Å². The Bertz CT molecular complexity index is 1130. The van der Waals surface area contributed by atoms with E-state index in [1.165, 1.54) is 19.8 Å². The Balaban J connectivity index is 1.33. The Morgan fingerprint density at radius 1 is 1.15 bits per heavy atom. The third-order valence-corrected chi connectivity index (χ3v) is 6.59. The first-order valence-corrected chi connectivity index (χ1v) is 11.0. The second-order valence-electron chi connectivity index (χ2n) is 8.63. The summed E-state index contributed by atoms with van der Waals surface area (Å²) in [6, 6.07) is 1.63. The summed E-state index contributed by atoms with van der Waals surface area (Å²) >= 11 is 0. The van der Waals surface area contributed by atoms with E-state index in [0.717, 1.165) is 25.3 Å². The van der Waals surface area contributed by atoms with Gasteiger partial charge in [-0.1, -0.05) is 0 Å². The molecule has 0 radical (unpaired) electrons. The number of methoxy groups -OCH3 is 2. The molecule has 176 valence electrons. The average molecular weight is 457 g/mol. The maximum atomic E-state index is 10.8. The van der Waals surface area contributed by atoms with Gasteiger partial charge in [0, 0.05) is 32.3 Å². The molecule has 12 heteroatoms. The van der Waals surface area contributed by atoms with Crippen LogP contribution in [0.3, 0.4) is 0 Å². The first-order valence-electron chi connectivity index (χ1n) is 11.0. The average Bonchev–Trinajstić information content (AvgIpc) is 3.53. The van der Waals surface area contributed by atoms with E-state index in [-0.39, 0.29) is 18.7 Å². The number of aliphatic hydroxyl groups is 2. The summed E-state index contributed by atoms with van der Waals surface area (Å²) in [5.74, 6) is 2.00. The van der Waals surface area contributed by atoms with Gasteiger partial charge in [0.05, 0.1) is 26.1 Å². The highest BCUT2D eigenvalue weighted by Gasteiger charge is 2.48. The number of nitrogens with one attached hydrogen (secondary N) is 1. The number of aliphatic hydroxyl groups excluding tert-OH is 1. The van der Waals surface area contributed by atoms with Crippen molar-refractivity contribution in [1.29, 1.82) is 0 Å². The van der Waals surface area contributed by atoms with E-state index in [1.54, 1.807) is 13.4 Å². The molecule has 3 aromatic heterocycles. The molecule has 3 aromatic rings. The summed E-state index contributed by atoms with van der Waals surface area (Å²) < 4.78 is 12.1. The molecule has 4 atom stereocenters. The zero-order chi connectivity index (χ0) is 23.0. The summed E-state index contributed by atoms with van der Waals surface area (Å²) in [7, 11) is 3.10. The van der Waals surface area contributed by atoms with Crippen LogP contribution < -0.4 is 15.0 Å². The molecule has 1 saturated carbocycles. The van der Waals surface area contributed by atoms with Crippen molar-refractivity contribution in [1.82, 2.24) is 29.5 Å². The number of hydrogen-bond acceptors (Lipinski definition) is 11. The second-order valence-corrected chi connectivity index (χ2v) is 8.63. The van der Waals surface area contributed by atoms with Crippen molar-refractivity contribution in [2.45, 2.75) is 43.1 Å². The van der Waals surface area contributed by atoms with E-state index >= 15 is 0 Å². The van der Waals surface area contributed by atoms with Crippen LogP contribution in [0.1, 0.15) is 25.3 Å². The molecular weight excluding hydrogens is 428 g/mol. The maximum Gasteiger partial charge on any atom is 0.218 e. The molecule has 2 aliphatic rings. The summed E-state index contributed by atoms with van der Waals surface area (Å²) in [5, 5.41) is 25.0. The molecule has 12 nitrogen and oxygen atoms in total. The van der Waals surface area contributed by atoms with E-state index < -0.39 is 11.7 Å². The largest absolute Gasteiger partial charge is 0.481 e. The number of fused-ring (bicyclic) bond motifs is 1. The third kappa shape index (κ3) is 3.94. The van der Waals surface area contributed by atoms with Crippen molar-refractivity contribution in [2.75, 3.05) is 44.1 Å². The van der Waals surface area contributed by atoms with Crippen LogP contribution in [0.25, 0.3) is 11.2 Å². The molecule has 2 fully saturated rings. The molecule has 1 saturated heterocycles. The van der Waals surface area contributed by atoms with E-state index in [9.17, 15) is 10.2 Å². The van der Waals surface area contributed by atoms with Gasteiger partial charge in [-0.05, 0) is 19.3 Å². The normalized spacial score (nSPS) is 27.4. The molecular formula is C21H28N8O4. The Morgan fingerprint density at radius 3 is 2.82 bits per heavy atom. The van der Waals surface area contributed by atoms with Crippen molar-refractivity contribution < 1.29 is 19.7 Å². The Morgan fingerprint density at radius 2 is 2.00 bits per heavy atom. The maximum absolute atomic E-state index is 10.8. The van der Waals surface area contributed by atoms with Gasteiger partial charge in [-0.2, -0.15) is 0 Å². The summed E-state index contributed by atoms with van der Waals surface area (Å²) in [6.45, 7) is 1.67. The molecule has 1 aliphatic carbocycles. The van der Waals surface area contributed by atoms with Gasteiger partial charge in [0.15, 0.2) is 11.5 Å². The summed E-state index contributed by atoms with van der Waals surface area (Å²) in [5.41, 5.74) is -0.0242. The first kappa shape index (κ1) is 21.7. The number of rotatable bonds is 7. The van der Waals surface area contributed by atoms with Gasteiger partial charge in [-0.15, -0.1) is 0 Å². The SMILES string of the molecule is COCC1(O)CCC(n2cnc3c(N[C@H]4CCN(c5cc(OC)ncn5)C4)ncnc32)C1O. The molecule has 3 unspecified atom stereocenters. The van der Waals surface area contributed by atoms with E-state index in [2.05, 4.69) is 35.1 Å². The smallest absolute Gasteiger partial charge is 0.218 e. The highest BCUT2D eigenvalue weighted by Crippen LogP contribution is 2.39. The standard InChI is InChI=1S/C21H28N8O4/c1-32-9-21(31)5-3-14(18(21)30)29-12-26-17-19(24-11-25-20(17)29)27-13-4-6-28(8-13)15-7-16(33-2)23-10-22-15/h7,10-14,18,30-31H,3-6,8-9H2,1-2H3,(H,24,25,27)/t13-,14?,18?,21?/m0/s1. The van der Waals surface area contributed by atoms with E-state index in [0.29, 0.717) is 35.7 Å². The van der Waals surface area contributed by atoms with Crippen LogP contribution in [0.5, 0.6) is 5.88 Å². The number of hydrogen-bond donors (Lipinski definition) is 3. The lowest BCUT2D eigenvalue weighted by atomic mass is 10.0. The Labute approximate surface area is 190 Å². The molecule has 4 heterocycles. The third-order valence-electron chi connectivity index (χ3n) is 6.59. The zero-order valence-corrected chi connectivity index (χ0v) is 18.6. The fourth-order valence-electron chi connectivity index (χ4n) is 4.85. The van der Waals surface area contributed by atoms with Crippen molar-refractivity contribution in [3.63, 3.8) is 0 Å². The lowest BCUT2D eigenvalue weighted by Crippen LogP contribution is -2.44. The predicted octanol–water partition coefficient (Wildman–Crippen LogP) is 0.389. The number of aromatic nitrogens is 6. The van der Waals surface area contributed by atoms with Gasteiger partial charge in [-0.25, -0.2) is 24.9 Å². The number of anilines is 2. The molecule has 0 aromatic carbocycles. The van der Waals surface area contributed by atoms with Gasteiger partial charge in [0.2, 0.25) is 5.88 Å².